The van der Waals surface area contributed by atoms with Gasteiger partial charge in [-0.3, -0.25) is 0 Å². The standard InChI is InChI=1S/C12H19N3O2/c1-8-5-15(6-9(2)17-8)12-11(7-16)4-13-10(3)14-12/h4,8-9,16H,5-7H2,1-3H3/t8-,9+. The lowest BCUT2D eigenvalue weighted by Gasteiger charge is -2.36. The maximum Gasteiger partial charge on any atom is 0.138 e. The van der Waals surface area contributed by atoms with E-state index in [1.165, 1.54) is 0 Å². The molecular formula is C12H19N3O2. The third kappa shape index (κ3) is 2.73. The number of aromatic nitrogens is 2. The van der Waals surface area contributed by atoms with E-state index in [0.717, 1.165) is 30.3 Å². The number of morpholine rings is 1. The molecule has 1 aliphatic heterocycles. The minimum atomic E-state index is -0.0320. The monoisotopic (exact) mass is 237 g/mol. The Kier molecular flexibility index (Phi) is 3.59. The van der Waals surface area contributed by atoms with Gasteiger partial charge in [0, 0.05) is 24.8 Å². The third-order valence-electron chi connectivity index (χ3n) is 2.85. The van der Waals surface area contributed by atoms with Gasteiger partial charge in [-0.05, 0) is 20.8 Å². The molecule has 5 heteroatoms. The predicted octanol–water partition coefficient (Wildman–Crippen LogP) is 0.891. The lowest BCUT2D eigenvalue weighted by molar-refractivity contribution is -0.00559. The molecule has 5 nitrogen and oxygen atoms in total. The van der Waals surface area contributed by atoms with Crippen molar-refractivity contribution in [2.24, 2.45) is 0 Å². The summed E-state index contributed by atoms with van der Waals surface area (Å²) in [5.74, 6) is 1.56. The van der Waals surface area contributed by atoms with Crippen molar-refractivity contribution in [2.75, 3.05) is 18.0 Å². The molecule has 0 bridgehead atoms. The Morgan fingerprint density at radius 3 is 2.65 bits per heavy atom. The van der Waals surface area contributed by atoms with Crippen molar-refractivity contribution in [3.05, 3.63) is 17.6 Å². The molecule has 1 fully saturated rings. The summed E-state index contributed by atoms with van der Waals surface area (Å²) in [7, 11) is 0. The second-order valence-corrected chi connectivity index (χ2v) is 4.59. The Labute approximate surface area is 101 Å². The molecule has 0 aliphatic carbocycles. The Hall–Kier alpha value is -1.20. The molecule has 1 aliphatic rings. The van der Waals surface area contributed by atoms with Gasteiger partial charge >= 0.3 is 0 Å². The number of aryl methyl sites for hydroxylation is 1. The zero-order valence-electron chi connectivity index (χ0n) is 10.6. The molecule has 94 valence electrons. The van der Waals surface area contributed by atoms with Crippen LogP contribution in [0.15, 0.2) is 6.20 Å². The number of anilines is 1. The predicted molar refractivity (Wildman–Crippen MR) is 64.9 cm³/mol. The number of nitrogens with zero attached hydrogens (tertiary/aromatic N) is 3. The van der Waals surface area contributed by atoms with Gasteiger partial charge in [-0.25, -0.2) is 9.97 Å². The second-order valence-electron chi connectivity index (χ2n) is 4.59. The molecule has 0 aromatic carbocycles. The fourth-order valence-electron chi connectivity index (χ4n) is 2.22. The molecule has 1 N–H and O–H groups in total. The number of hydrogen-bond donors (Lipinski definition) is 1. The lowest BCUT2D eigenvalue weighted by atomic mass is 10.2. The molecule has 2 atom stereocenters. The molecule has 2 heterocycles. The highest BCUT2D eigenvalue weighted by Gasteiger charge is 2.24. The van der Waals surface area contributed by atoms with E-state index >= 15 is 0 Å². The van der Waals surface area contributed by atoms with Gasteiger partial charge in [0.1, 0.15) is 11.6 Å². The van der Waals surface area contributed by atoms with Gasteiger partial charge in [-0.1, -0.05) is 0 Å². The van der Waals surface area contributed by atoms with Crippen molar-refractivity contribution >= 4 is 5.82 Å². The SMILES string of the molecule is Cc1ncc(CO)c(N2C[C@@H](C)O[C@@H](C)C2)n1. The van der Waals surface area contributed by atoms with Crippen LogP contribution in [0.2, 0.25) is 0 Å². The van der Waals surface area contributed by atoms with E-state index in [0.29, 0.717) is 0 Å². The fraction of sp³-hybridized carbons (Fsp3) is 0.667. The van der Waals surface area contributed by atoms with Crippen molar-refractivity contribution in [3.8, 4) is 0 Å². The van der Waals surface area contributed by atoms with Crippen LogP contribution in [0.25, 0.3) is 0 Å². The second kappa shape index (κ2) is 4.98. The molecule has 1 aromatic heterocycles. The normalized spacial score (nSPS) is 25.1. The summed E-state index contributed by atoms with van der Waals surface area (Å²) >= 11 is 0. The average Bonchev–Trinajstić information content (AvgIpc) is 2.27. The average molecular weight is 237 g/mol. The highest BCUT2D eigenvalue weighted by atomic mass is 16.5. The Bertz CT molecular complexity index is 387. The van der Waals surface area contributed by atoms with E-state index in [1.54, 1.807) is 6.20 Å². The molecular weight excluding hydrogens is 218 g/mol. The Morgan fingerprint density at radius 2 is 2.06 bits per heavy atom. The zero-order chi connectivity index (χ0) is 12.4. The highest BCUT2D eigenvalue weighted by Crippen LogP contribution is 2.22. The van der Waals surface area contributed by atoms with Crippen LogP contribution in [0.3, 0.4) is 0 Å². The number of rotatable bonds is 2. The first-order valence-electron chi connectivity index (χ1n) is 5.94. The zero-order valence-corrected chi connectivity index (χ0v) is 10.6. The van der Waals surface area contributed by atoms with Crippen molar-refractivity contribution in [3.63, 3.8) is 0 Å². The van der Waals surface area contributed by atoms with Crippen LogP contribution in [0.1, 0.15) is 25.2 Å². The van der Waals surface area contributed by atoms with Crippen molar-refractivity contribution in [1.29, 1.82) is 0 Å². The van der Waals surface area contributed by atoms with Crippen LogP contribution >= 0.6 is 0 Å². The van der Waals surface area contributed by atoms with Crippen LogP contribution in [0, 0.1) is 6.92 Å². The van der Waals surface area contributed by atoms with Crippen molar-refractivity contribution in [2.45, 2.75) is 39.6 Å². The molecule has 0 spiro atoms. The first-order chi connectivity index (χ1) is 8.10. The lowest BCUT2D eigenvalue weighted by Crippen LogP contribution is -2.46. The maximum absolute atomic E-state index is 9.33. The quantitative estimate of drug-likeness (QED) is 0.828. The molecule has 2 rings (SSSR count). The van der Waals surface area contributed by atoms with Crippen molar-refractivity contribution in [1.82, 2.24) is 9.97 Å². The molecule has 0 unspecified atom stereocenters. The summed E-state index contributed by atoms with van der Waals surface area (Å²) in [5, 5.41) is 9.33. The van der Waals surface area contributed by atoms with E-state index in [9.17, 15) is 5.11 Å². The summed E-state index contributed by atoms with van der Waals surface area (Å²) in [6.45, 7) is 7.53. The van der Waals surface area contributed by atoms with Gasteiger partial charge in [0.25, 0.3) is 0 Å². The van der Waals surface area contributed by atoms with Gasteiger partial charge in [0.2, 0.25) is 0 Å². The van der Waals surface area contributed by atoms with Crippen LogP contribution in [-0.2, 0) is 11.3 Å². The van der Waals surface area contributed by atoms with Crippen LogP contribution in [0.5, 0.6) is 0 Å². The summed E-state index contributed by atoms with van der Waals surface area (Å²) < 4.78 is 5.69. The smallest absolute Gasteiger partial charge is 0.138 e. The number of aliphatic hydroxyl groups excluding tert-OH is 1. The van der Waals surface area contributed by atoms with E-state index in [4.69, 9.17) is 4.74 Å². The first kappa shape index (κ1) is 12.3. The molecule has 0 radical (unpaired) electrons. The van der Waals surface area contributed by atoms with E-state index in [-0.39, 0.29) is 18.8 Å². The van der Waals surface area contributed by atoms with Gasteiger partial charge in [-0.2, -0.15) is 0 Å². The van der Waals surface area contributed by atoms with Gasteiger partial charge in [0.15, 0.2) is 0 Å². The van der Waals surface area contributed by atoms with Gasteiger partial charge in [-0.15, -0.1) is 0 Å². The number of aliphatic hydroxyl groups is 1. The van der Waals surface area contributed by atoms with Gasteiger partial charge in [0.05, 0.1) is 18.8 Å². The molecule has 0 saturated carbocycles. The number of hydrogen-bond acceptors (Lipinski definition) is 5. The molecule has 0 amide bonds. The topological polar surface area (TPSA) is 58.5 Å². The maximum atomic E-state index is 9.33. The van der Waals surface area contributed by atoms with Crippen LogP contribution < -0.4 is 4.90 Å². The Morgan fingerprint density at radius 1 is 1.41 bits per heavy atom. The van der Waals surface area contributed by atoms with Crippen LogP contribution in [-0.4, -0.2) is 40.4 Å². The highest BCUT2D eigenvalue weighted by molar-refractivity contribution is 5.46. The summed E-state index contributed by atoms with van der Waals surface area (Å²) in [6.07, 6.45) is 2.06. The summed E-state index contributed by atoms with van der Waals surface area (Å²) in [6, 6.07) is 0. The van der Waals surface area contributed by atoms with E-state index in [1.807, 2.05) is 6.92 Å². The molecule has 17 heavy (non-hydrogen) atoms. The molecule has 1 saturated heterocycles. The fourth-order valence-corrected chi connectivity index (χ4v) is 2.22. The summed E-state index contributed by atoms with van der Waals surface area (Å²) in [5.41, 5.74) is 0.775. The summed E-state index contributed by atoms with van der Waals surface area (Å²) in [4.78, 5) is 10.7. The third-order valence-corrected chi connectivity index (χ3v) is 2.85. The van der Waals surface area contributed by atoms with Crippen LogP contribution in [0.4, 0.5) is 5.82 Å². The largest absolute Gasteiger partial charge is 0.391 e. The van der Waals surface area contributed by atoms with Crippen molar-refractivity contribution < 1.29 is 9.84 Å². The van der Waals surface area contributed by atoms with Gasteiger partial charge < -0.3 is 14.7 Å². The minimum absolute atomic E-state index is 0.0320. The van der Waals surface area contributed by atoms with E-state index < -0.39 is 0 Å². The molecule has 1 aromatic rings. The van der Waals surface area contributed by atoms with E-state index in [2.05, 4.69) is 28.7 Å². The Balaban J connectivity index is 2.28. The number of ether oxygens (including phenoxy) is 1. The first-order valence-corrected chi connectivity index (χ1v) is 5.94. The minimum Gasteiger partial charge on any atom is -0.391 e.